The molecule has 1 heterocycles. The molecule has 0 fully saturated rings. The summed E-state index contributed by atoms with van der Waals surface area (Å²) in [4.78, 5) is 25.4. The number of benzene rings is 1. The fourth-order valence-corrected chi connectivity index (χ4v) is 4.89. The molecule has 1 amide bonds. The third-order valence-electron chi connectivity index (χ3n) is 4.65. The van der Waals surface area contributed by atoms with Crippen molar-refractivity contribution in [3.63, 3.8) is 0 Å². The van der Waals surface area contributed by atoms with Gasteiger partial charge in [-0.25, -0.2) is 9.06 Å². The van der Waals surface area contributed by atoms with Gasteiger partial charge in [0.2, 0.25) is 0 Å². The van der Waals surface area contributed by atoms with Crippen LogP contribution in [0.5, 0.6) is 0 Å². The van der Waals surface area contributed by atoms with Gasteiger partial charge in [-0.15, -0.1) is 0 Å². The van der Waals surface area contributed by atoms with Crippen molar-refractivity contribution in [2.24, 2.45) is 0 Å². The number of halogens is 12. The second-order valence-electron chi connectivity index (χ2n) is 6.66. The van der Waals surface area contributed by atoms with Crippen LogP contribution in [0.15, 0.2) is 24.3 Å². The summed E-state index contributed by atoms with van der Waals surface area (Å²) in [6.45, 7) is 0. The van der Waals surface area contributed by atoms with Crippen molar-refractivity contribution in [2.75, 3.05) is 18.8 Å². The maximum Gasteiger partial charge on any atom is 0.437 e. The van der Waals surface area contributed by atoms with Crippen LogP contribution in [-0.2, 0) is 4.52 Å². The first-order valence-corrected chi connectivity index (χ1v) is 9.75. The topological polar surface area (TPSA) is 55.8 Å². The molecular formula is C15H11F12N2O3P. The van der Waals surface area contributed by atoms with E-state index in [1.165, 1.54) is 6.07 Å². The fraction of sp³-hybridized carbons (Fsp3) is 0.533. The summed E-state index contributed by atoms with van der Waals surface area (Å²) in [5, 5.41) is 0. The molecule has 0 saturated heterocycles. The Hall–Kier alpha value is -2.00. The average Bonchev–Trinajstić information content (AvgIpc) is 2.65. The molecule has 18 heteroatoms. The molecule has 1 aliphatic heterocycles. The van der Waals surface area contributed by atoms with Gasteiger partial charge in [-0.2, -0.15) is 57.5 Å². The molecule has 0 aromatic heterocycles. The molecule has 188 valence electrons. The minimum absolute atomic E-state index is 0.152. The number of amides is 1. The first-order valence-electron chi connectivity index (χ1n) is 8.22. The second kappa shape index (κ2) is 7.77. The summed E-state index contributed by atoms with van der Waals surface area (Å²) in [5.74, 6) is -8.87. The van der Waals surface area contributed by atoms with Gasteiger partial charge >= 0.3 is 38.1 Å². The van der Waals surface area contributed by atoms with Gasteiger partial charge in [-0.1, -0.05) is 12.1 Å². The van der Waals surface area contributed by atoms with Crippen LogP contribution in [0.25, 0.3) is 0 Å². The number of carbonyl (C=O) groups is 1. The normalized spacial score (nSPS) is 21.8. The summed E-state index contributed by atoms with van der Waals surface area (Å²) in [7, 11) is -4.73. The number of hydrogen-bond donors (Lipinski definition) is 0. The third kappa shape index (κ3) is 3.97. The number of nitrogens with zero attached hydrogens (tertiary/aromatic N) is 2. The Bertz CT molecular complexity index is 905. The molecular weight excluding hydrogens is 515 g/mol. The molecule has 2 unspecified atom stereocenters. The molecule has 0 spiro atoms. The van der Waals surface area contributed by atoms with Crippen LogP contribution in [0.1, 0.15) is 10.4 Å². The van der Waals surface area contributed by atoms with E-state index in [9.17, 15) is 62.4 Å². The molecule has 0 aliphatic carbocycles. The predicted octanol–water partition coefficient (Wildman–Crippen LogP) is 4.66. The summed E-state index contributed by atoms with van der Waals surface area (Å²) in [6.07, 6.45) is -27.6. The van der Waals surface area contributed by atoms with Crippen molar-refractivity contribution in [1.29, 1.82) is 0 Å². The smallest absolute Gasteiger partial charge is 0.437 e. The molecule has 33 heavy (non-hydrogen) atoms. The molecule has 0 N–H and O–H groups in total. The third-order valence-corrected chi connectivity index (χ3v) is 7.04. The van der Waals surface area contributed by atoms with Crippen molar-refractivity contribution in [3.8, 4) is 0 Å². The Morgan fingerprint density at radius 1 is 0.848 bits per heavy atom. The molecule has 1 aromatic carbocycles. The van der Waals surface area contributed by atoms with E-state index in [0.29, 0.717) is 14.1 Å². The second-order valence-corrected chi connectivity index (χ2v) is 9.06. The molecule has 0 radical (unpaired) electrons. The van der Waals surface area contributed by atoms with Gasteiger partial charge in [0.15, 0.2) is 0 Å². The molecule has 0 saturated carbocycles. The molecule has 0 bridgehead atoms. The quantitative estimate of drug-likeness (QED) is 0.423. The molecule has 5 nitrogen and oxygen atoms in total. The summed E-state index contributed by atoms with van der Waals surface area (Å²) < 4.78 is 163. The standard InChI is InChI=1S/C15H11F12N2O3P/c1-28-8-6-4-3-5-7(8)9(30)29(2)33(28,31)32-10(12(18,19)20)11(16,17)13(21,14(22,23)24)15(25,26)27/h3-6,10H,1-2H3. The van der Waals surface area contributed by atoms with Crippen molar-refractivity contribution in [2.45, 2.75) is 36.2 Å². The lowest BCUT2D eigenvalue weighted by Gasteiger charge is -2.48. The first-order chi connectivity index (χ1) is 14.5. The zero-order chi connectivity index (χ0) is 26.0. The number of carbonyl (C=O) groups excluding carboxylic acids is 1. The van der Waals surface area contributed by atoms with Crippen molar-refractivity contribution >= 4 is 19.6 Å². The van der Waals surface area contributed by atoms with E-state index in [4.69, 9.17) is 0 Å². The van der Waals surface area contributed by atoms with Gasteiger partial charge in [-0.3, -0.25) is 4.79 Å². The SMILES string of the molecule is CN1C(=O)c2ccccc2N(C)[P+]1([O-])OC(C(F)(F)F)C(F)(F)C(F)(C(F)(F)F)C(F)(F)F. The summed E-state index contributed by atoms with van der Waals surface area (Å²) >= 11 is 0. The van der Waals surface area contributed by atoms with Gasteiger partial charge < -0.3 is 4.89 Å². The maximum absolute atomic E-state index is 14.3. The van der Waals surface area contributed by atoms with Crippen LogP contribution >= 0.6 is 8.02 Å². The van der Waals surface area contributed by atoms with E-state index < -0.39 is 55.8 Å². The highest BCUT2D eigenvalue weighted by Crippen LogP contribution is 2.67. The maximum atomic E-state index is 14.3. The van der Waals surface area contributed by atoms with Gasteiger partial charge in [0, 0.05) is 7.05 Å². The zero-order valence-corrected chi connectivity index (χ0v) is 16.9. The predicted molar refractivity (Wildman–Crippen MR) is 85.7 cm³/mol. The highest BCUT2D eigenvalue weighted by atomic mass is 31.2. The molecule has 1 aromatic rings. The van der Waals surface area contributed by atoms with Crippen molar-refractivity contribution in [1.82, 2.24) is 4.67 Å². The minimum atomic E-state index is -7.76. The van der Waals surface area contributed by atoms with Crippen LogP contribution in [0.4, 0.5) is 58.4 Å². The molecule has 2 rings (SSSR count). The highest BCUT2D eigenvalue weighted by Gasteiger charge is 2.89. The number of fused-ring (bicyclic) bond motifs is 1. The van der Waals surface area contributed by atoms with Gasteiger partial charge in [0.1, 0.15) is 0 Å². The van der Waals surface area contributed by atoms with Gasteiger partial charge in [0.25, 0.3) is 12.0 Å². The number of anilines is 1. The Morgan fingerprint density at radius 3 is 1.73 bits per heavy atom. The zero-order valence-electron chi connectivity index (χ0n) is 16.0. The Kier molecular flexibility index (Phi) is 6.41. The lowest BCUT2D eigenvalue weighted by atomic mass is 9.91. The molecule has 1 aliphatic rings. The Labute approximate surface area is 177 Å². The number of hydrogen-bond acceptors (Lipinski definition) is 4. The van der Waals surface area contributed by atoms with E-state index in [0.717, 1.165) is 18.2 Å². The van der Waals surface area contributed by atoms with Crippen LogP contribution in [0, 0.1) is 0 Å². The minimum Gasteiger partial charge on any atom is -0.617 e. The van der Waals surface area contributed by atoms with E-state index in [1.54, 1.807) is 0 Å². The van der Waals surface area contributed by atoms with E-state index in [2.05, 4.69) is 4.52 Å². The van der Waals surface area contributed by atoms with Crippen LogP contribution in [0.3, 0.4) is 0 Å². The van der Waals surface area contributed by atoms with Crippen molar-refractivity contribution < 1.29 is 66.9 Å². The fourth-order valence-electron chi connectivity index (χ4n) is 2.89. The summed E-state index contributed by atoms with van der Waals surface area (Å²) in [6, 6.07) is 4.34. The van der Waals surface area contributed by atoms with Crippen LogP contribution in [0.2, 0.25) is 0 Å². The first kappa shape index (κ1) is 27.2. The van der Waals surface area contributed by atoms with Gasteiger partial charge in [0.05, 0.1) is 18.3 Å². The molecule has 2 atom stereocenters. The monoisotopic (exact) mass is 526 g/mol. The van der Waals surface area contributed by atoms with Crippen LogP contribution < -0.4 is 9.56 Å². The Balaban J connectivity index is 2.71. The lowest BCUT2D eigenvalue weighted by molar-refractivity contribution is -0.423. The lowest BCUT2D eigenvalue weighted by Crippen LogP contribution is -2.71. The van der Waals surface area contributed by atoms with E-state index in [1.807, 2.05) is 0 Å². The van der Waals surface area contributed by atoms with E-state index >= 15 is 0 Å². The summed E-state index contributed by atoms with van der Waals surface area (Å²) in [5.41, 5.74) is -8.63. The van der Waals surface area contributed by atoms with Crippen LogP contribution in [-0.4, -0.2) is 60.9 Å². The van der Waals surface area contributed by atoms with E-state index in [-0.39, 0.29) is 14.9 Å². The Morgan fingerprint density at radius 2 is 1.30 bits per heavy atom. The highest BCUT2D eigenvalue weighted by molar-refractivity contribution is 7.64. The largest absolute Gasteiger partial charge is 0.617 e. The average molecular weight is 526 g/mol. The van der Waals surface area contributed by atoms with Crippen molar-refractivity contribution in [3.05, 3.63) is 29.8 Å². The number of alkyl halides is 12. The number of rotatable bonds is 4. The number of para-hydroxylation sites is 1. The van der Waals surface area contributed by atoms with Gasteiger partial charge in [-0.05, 0) is 12.1 Å².